The van der Waals surface area contributed by atoms with Gasteiger partial charge in [-0.05, 0) is 50.8 Å². The summed E-state index contributed by atoms with van der Waals surface area (Å²) in [6.07, 6.45) is 8.12. The first-order valence-corrected chi connectivity index (χ1v) is 11.0. The van der Waals surface area contributed by atoms with Crippen molar-refractivity contribution in [2.45, 2.75) is 57.2 Å². The molecule has 0 aliphatic carbocycles. The number of nitrogens with one attached hydrogen (secondary N) is 3. The Balaban J connectivity index is 1.63. The van der Waals surface area contributed by atoms with Gasteiger partial charge in [-0.3, -0.25) is 15.1 Å². The lowest BCUT2D eigenvalue weighted by molar-refractivity contribution is 0.136. The van der Waals surface area contributed by atoms with E-state index < -0.39 is 0 Å². The second-order valence-electron chi connectivity index (χ2n) is 8.82. The second kappa shape index (κ2) is 9.01. The third kappa shape index (κ3) is 4.46. The van der Waals surface area contributed by atoms with Gasteiger partial charge in [0.15, 0.2) is 0 Å². The van der Waals surface area contributed by atoms with Crippen molar-refractivity contribution < 1.29 is 0 Å². The van der Waals surface area contributed by atoms with Gasteiger partial charge in [-0.2, -0.15) is 5.26 Å². The van der Waals surface area contributed by atoms with E-state index >= 15 is 0 Å². The van der Waals surface area contributed by atoms with E-state index in [4.69, 9.17) is 21.4 Å². The van der Waals surface area contributed by atoms with Crippen LogP contribution in [0.4, 0.5) is 11.6 Å². The zero-order chi connectivity index (χ0) is 22.8. The van der Waals surface area contributed by atoms with Crippen molar-refractivity contribution in [2.75, 3.05) is 17.2 Å². The Morgan fingerprint density at radius 1 is 1.38 bits per heavy atom. The van der Waals surface area contributed by atoms with E-state index in [2.05, 4.69) is 21.6 Å². The van der Waals surface area contributed by atoms with Crippen LogP contribution < -0.4 is 21.9 Å². The van der Waals surface area contributed by atoms with Gasteiger partial charge >= 0.3 is 0 Å². The molecule has 0 aromatic carbocycles. The van der Waals surface area contributed by atoms with Crippen LogP contribution >= 0.6 is 0 Å². The van der Waals surface area contributed by atoms with E-state index in [1.807, 2.05) is 6.07 Å². The number of nitrogens with two attached hydrogens (primary N) is 1. The normalized spacial score (nSPS) is 23.2. The number of piperidine rings is 1. The third-order valence-electron chi connectivity index (χ3n) is 6.42. The minimum atomic E-state index is -0.112. The SMILES string of the molecule is C/C(N)=C/C(=N)Nc1cc2c(=O)n(C)ccc2c(N[C@@H]2C[C@H]3CC[C@@H](C2)N3CCC#N)n1. The highest BCUT2D eigenvalue weighted by molar-refractivity contribution is 6.03. The molecule has 0 spiro atoms. The molecule has 32 heavy (non-hydrogen) atoms. The number of hydrogen-bond acceptors (Lipinski definition) is 7. The van der Waals surface area contributed by atoms with Crippen molar-refractivity contribution in [2.24, 2.45) is 12.8 Å². The summed E-state index contributed by atoms with van der Waals surface area (Å²) >= 11 is 0. The van der Waals surface area contributed by atoms with E-state index in [0.29, 0.717) is 41.2 Å². The first-order chi connectivity index (χ1) is 15.4. The molecular weight excluding hydrogens is 404 g/mol. The molecule has 0 amide bonds. The fourth-order valence-electron chi connectivity index (χ4n) is 5.05. The molecule has 3 atom stereocenters. The highest BCUT2D eigenvalue weighted by atomic mass is 16.1. The number of anilines is 2. The minimum Gasteiger partial charge on any atom is -0.402 e. The number of hydrogen-bond donors (Lipinski definition) is 4. The largest absolute Gasteiger partial charge is 0.402 e. The fraction of sp³-hybridized carbons (Fsp3) is 0.478. The molecule has 2 aliphatic rings. The third-order valence-corrected chi connectivity index (χ3v) is 6.42. The van der Waals surface area contributed by atoms with Crippen LogP contribution in [0, 0.1) is 16.7 Å². The Morgan fingerprint density at radius 3 is 2.75 bits per heavy atom. The molecule has 9 heteroatoms. The molecule has 2 aromatic heterocycles. The Morgan fingerprint density at radius 2 is 2.09 bits per heavy atom. The highest BCUT2D eigenvalue weighted by Gasteiger charge is 2.40. The number of fused-ring (bicyclic) bond motifs is 3. The van der Waals surface area contributed by atoms with Crippen LogP contribution in [-0.2, 0) is 7.05 Å². The van der Waals surface area contributed by atoms with E-state index in [9.17, 15) is 4.79 Å². The van der Waals surface area contributed by atoms with Crippen LogP contribution in [0.25, 0.3) is 10.8 Å². The smallest absolute Gasteiger partial charge is 0.258 e. The van der Waals surface area contributed by atoms with Gasteiger partial charge in [-0.15, -0.1) is 0 Å². The Labute approximate surface area is 187 Å². The summed E-state index contributed by atoms with van der Waals surface area (Å²) in [6, 6.07) is 7.05. The molecule has 2 fully saturated rings. The molecule has 9 nitrogen and oxygen atoms in total. The average Bonchev–Trinajstić information content (AvgIpc) is 2.96. The van der Waals surface area contributed by atoms with Crippen molar-refractivity contribution in [1.82, 2.24) is 14.5 Å². The van der Waals surface area contributed by atoms with Crippen molar-refractivity contribution >= 4 is 28.2 Å². The highest BCUT2D eigenvalue weighted by Crippen LogP contribution is 2.37. The standard InChI is InChI=1S/C23H30N8O/c1-14(25)10-20(26)28-21-13-19-18(6-9-30(2)23(19)32)22(29-21)27-15-11-16-4-5-17(12-15)31(16)8-3-7-24/h6,9-10,13,15-17H,3-5,8,11-12,25H2,1-2H3,(H3,26,27,28,29)/b14-10-/t15-,16-,17+. The summed E-state index contributed by atoms with van der Waals surface area (Å²) in [5.74, 6) is 1.19. The van der Waals surface area contributed by atoms with Crippen LogP contribution in [0.2, 0.25) is 0 Å². The van der Waals surface area contributed by atoms with Crippen molar-refractivity contribution in [3.8, 4) is 6.07 Å². The van der Waals surface area contributed by atoms with Crippen molar-refractivity contribution in [3.05, 3.63) is 40.5 Å². The molecule has 0 unspecified atom stereocenters. The lowest BCUT2D eigenvalue weighted by atomic mass is 9.97. The molecule has 0 radical (unpaired) electrons. The van der Waals surface area contributed by atoms with Gasteiger partial charge in [0.2, 0.25) is 0 Å². The first-order valence-electron chi connectivity index (χ1n) is 11.0. The maximum absolute atomic E-state index is 12.8. The summed E-state index contributed by atoms with van der Waals surface area (Å²) in [6.45, 7) is 2.55. The van der Waals surface area contributed by atoms with E-state index in [-0.39, 0.29) is 17.4 Å². The number of nitriles is 1. The van der Waals surface area contributed by atoms with Gasteiger partial charge in [0.05, 0.1) is 11.5 Å². The molecule has 0 saturated carbocycles. The van der Waals surface area contributed by atoms with Gasteiger partial charge in [0.25, 0.3) is 5.56 Å². The van der Waals surface area contributed by atoms with Gasteiger partial charge < -0.3 is 20.9 Å². The van der Waals surface area contributed by atoms with Gasteiger partial charge in [0.1, 0.15) is 17.5 Å². The predicted octanol–water partition coefficient (Wildman–Crippen LogP) is 2.51. The second-order valence-corrected chi connectivity index (χ2v) is 8.82. The monoisotopic (exact) mass is 434 g/mol. The predicted molar refractivity (Wildman–Crippen MR) is 127 cm³/mol. The quantitative estimate of drug-likeness (QED) is 0.405. The van der Waals surface area contributed by atoms with Crippen LogP contribution in [-0.4, -0.2) is 45.0 Å². The van der Waals surface area contributed by atoms with Crippen LogP contribution in [0.5, 0.6) is 0 Å². The molecule has 5 N–H and O–H groups in total. The summed E-state index contributed by atoms with van der Waals surface area (Å²) in [4.78, 5) is 20.0. The topological polar surface area (TPSA) is 136 Å². The number of pyridine rings is 2. The molecular formula is C23H30N8O. The number of rotatable bonds is 6. The first kappa shape index (κ1) is 21.8. The number of allylic oxidation sites excluding steroid dienone is 1. The average molecular weight is 435 g/mol. The van der Waals surface area contributed by atoms with E-state index in [0.717, 1.165) is 37.6 Å². The van der Waals surface area contributed by atoms with Gasteiger partial charge in [-0.25, -0.2) is 4.98 Å². The fourth-order valence-corrected chi connectivity index (χ4v) is 5.05. The van der Waals surface area contributed by atoms with Gasteiger partial charge in [-0.1, -0.05) is 0 Å². The van der Waals surface area contributed by atoms with Gasteiger partial charge in [0, 0.05) is 55.4 Å². The molecule has 2 bridgehead atoms. The summed E-state index contributed by atoms with van der Waals surface area (Å²) in [5, 5.41) is 24.9. The zero-order valence-corrected chi connectivity index (χ0v) is 18.6. The molecule has 168 valence electrons. The Kier molecular flexibility index (Phi) is 6.15. The molecule has 2 aliphatic heterocycles. The van der Waals surface area contributed by atoms with E-state index in [1.165, 1.54) is 6.08 Å². The number of nitrogens with zero attached hydrogens (tertiary/aromatic N) is 4. The minimum absolute atomic E-state index is 0.111. The molecule has 2 saturated heterocycles. The molecule has 4 heterocycles. The summed E-state index contributed by atoms with van der Waals surface area (Å²) < 4.78 is 1.54. The van der Waals surface area contributed by atoms with Crippen LogP contribution in [0.1, 0.15) is 39.0 Å². The molecule has 2 aromatic rings. The number of aryl methyl sites for hydroxylation is 1. The number of amidine groups is 1. The van der Waals surface area contributed by atoms with Crippen molar-refractivity contribution in [1.29, 1.82) is 10.7 Å². The lowest BCUT2D eigenvalue weighted by Crippen LogP contribution is -2.47. The Bertz CT molecular complexity index is 1140. The summed E-state index contributed by atoms with van der Waals surface area (Å²) in [5.41, 5.74) is 6.08. The zero-order valence-electron chi connectivity index (χ0n) is 18.6. The lowest BCUT2D eigenvalue weighted by Gasteiger charge is -2.39. The molecule has 4 rings (SSSR count). The Hall–Kier alpha value is -3.38. The van der Waals surface area contributed by atoms with Crippen LogP contribution in [0.3, 0.4) is 0 Å². The maximum Gasteiger partial charge on any atom is 0.258 e. The summed E-state index contributed by atoms with van der Waals surface area (Å²) in [7, 11) is 1.72. The van der Waals surface area contributed by atoms with Crippen LogP contribution in [0.15, 0.2) is 34.9 Å². The van der Waals surface area contributed by atoms with E-state index in [1.54, 1.807) is 30.8 Å². The van der Waals surface area contributed by atoms with Crippen molar-refractivity contribution in [3.63, 3.8) is 0 Å². The number of aromatic nitrogens is 2. The maximum atomic E-state index is 12.8.